The van der Waals surface area contributed by atoms with E-state index in [0.29, 0.717) is 17.4 Å². The molecule has 3 N–H and O–H groups in total. The Morgan fingerprint density at radius 1 is 1.58 bits per heavy atom. The van der Waals surface area contributed by atoms with E-state index in [1.165, 1.54) is 0 Å². The van der Waals surface area contributed by atoms with Crippen LogP contribution in [0.1, 0.15) is 26.5 Å². The summed E-state index contributed by atoms with van der Waals surface area (Å²) in [7, 11) is 0. The molecule has 0 saturated carbocycles. The Labute approximate surface area is 119 Å². The summed E-state index contributed by atoms with van der Waals surface area (Å²) in [6, 6.07) is 3.58. The van der Waals surface area contributed by atoms with Crippen molar-refractivity contribution < 1.29 is 4.74 Å². The number of nitrogens with zero attached hydrogens (tertiary/aromatic N) is 2. The van der Waals surface area contributed by atoms with Crippen LogP contribution in [0.4, 0.5) is 5.82 Å². The number of nitrogens with two attached hydrogens (primary N) is 1. The van der Waals surface area contributed by atoms with Crippen LogP contribution in [-0.4, -0.2) is 34.7 Å². The minimum absolute atomic E-state index is 0.145. The third-order valence-corrected chi connectivity index (χ3v) is 3.42. The van der Waals surface area contributed by atoms with Gasteiger partial charge in [0.2, 0.25) is 0 Å². The molecule has 6 heteroatoms. The number of nitrogens with one attached hydrogen (secondary N) is 1. The first-order chi connectivity index (χ1) is 8.89. The maximum absolute atomic E-state index is 6.19. The molecule has 1 aliphatic rings. The monoisotopic (exact) mass is 284 g/mol. The first kappa shape index (κ1) is 14.5. The summed E-state index contributed by atoms with van der Waals surface area (Å²) in [5.41, 5.74) is 3.23. The largest absolute Gasteiger partial charge is 0.370 e. The van der Waals surface area contributed by atoms with Gasteiger partial charge in [-0.05, 0) is 32.9 Å². The number of hydrogen-bond donors (Lipinski definition) is 2. The van der Waals surface area contributed by atoms with Crippen molar-refractivity contribution in [3.05, 3.63) is 22.8 Å². The Morgan fingerprint density at radius 2 is 2.32 bits per heavy atom. The standard InChI is InChI=1S/C13H21ClN4O/c1-9-6-18(8-13(2,3)19-9)7-11-10(14)4-5-12(16-11)17-15/h4-5,9H,6-8,15H2,1-3H3,(H,16,17). The van der Waals surface area contributed by atoms with Gasteiger partial charge in [0, 0.05) is 19.6 Å². The Hall–Kier alpha value is -0.880. The van der Waals surface area contributed by atoms with Crippen molar-refractivity contribution >= 4 is 17.4 Å². The molecule has 0 bridgehead atoms. The van der Waals surface area contributed by atoms with E-state index in [1.807, 2.05) is 6.07 Å². The number of morpholine rings is 1. The van der Waals surface area contributed by atoms with Crippen LogP contribution in [-0.2, 0) is 11.3 Å². The second kappa shape index (κ2) is 5.63. The van der Waals surface area contributed by atoms with Crippen LogP contribution >= 0.6 is 11.6 Å². The third kappa shape index (κ3) is 3.79. The molecule has 2 rings (SSSR count). The van der Waals surface area contributed by atoms with E-state index >= 15 is 0 Å². The molecule has 106 valence electrons. The average Bonchev–Trinajstić information content (AvgIpc) is 2.29. The SMILES string of the molecule is CC1CN(Cc2nc(NN)ccc2Cl)CC(C)(C)O1. The fourth-order valence-electron chi connectivity index (χ4n) is 2.59. The molecule has 0 amide bonds. The van der Waals surface area contributed by atoms with Crippen molar-refractivity contribution in [2.24, 2.45) is 5.84 Å². The van der Waals surface area contributed by atoms with Gasteiger partial charge in [0.1, 0.15) is 5.82 Å². The van der Waals surface area contributed by atoms with Gasteiger partial charge in [-0.1, -0.05) is 11.6 Å². The summed E-state index contributed by atoms with van der Waals surface area (Å²) >= 11 is 6.19. The summed E-state index contributed by atoms with van der Waals surface area (Å²) in [5.74, 6) is 6.00. The molecule has 1 saturated heterocycles. The number of anilines is 1. The normalized spacial score (nSPS) is 23.3. The lowest BCUT2D eigenvalue weighted by molar-refractivity contribution is -0.130. The van der Waals surface area contributed by atoms with Crippen LogP contribution in [0.5, 0.6) is 0 Å². The molecule has 2 heterocycles. The van der Waals surface area contributed by atoms with E-state index in [0.717, 1.165) is 18.8 Å². The maximum Gasteiger partial charge on any atom is 0.140 e. The fraction of sp³-hybridized carbons (Fsp3) is 0.615. The zero-order valence-corrected chi connectivity index (χ0v) is 12.4. The molecule has 1 fully saturated rings. The van der Waals surface area contributed by atoms with Crippen molar-refractivity contribution in [3.63, 3.8) is 0 Å². The van der Waals surface area contributed by atoms with Gasteiger partial charge < -0.3 is 10.2 Å². The lowest BCUT2D eigenvalue weighted by atomic mass is 10.1. The van der Waals surface area contributed by atoms with Gasteiger partial charge >= 0.3 is 0 Å². The van der Waals surface area contributed by atoms with E-state index in [9.17, 15) is 0 Å². The topological polar surface area (TPSA) is 63.4 Å². The van der Waals surface area contributed by atoms with E-state index in [4.69, 9.17) is 22.2 Å². The Kier molecular flexibility index (Phi) is 4.30. The Morgan fingerprint density at radius 3 is 2.95 bits per heavy atom. The Bertz CT molecular complexity index is 452. The van der Waals surface area contributed by atoms with Gasteiger partial charge in [-0.2, -0.15) is 0 Å². The molecule has 0 radical (unpaired) electrons. The van der Waals surface area contributed by atoms with Crippen molar-refractivity contribution in [2.75, 3.05) is 18.5 Å². The van der Waals surface area contributed by atoms with E-state index < -0.39 is 0 Å². The lowest BCUT2D eigenvalue weighted by Gasteiger charge is -2.41. The van der Waals surface area contributed by atoms with Gasteiger partial charge in [-0.15, -0.1) is 0 Å². The number of halogens is 1. The lowest BCUT2D eigenvalue weighted by Crippen LogP contribution is -2.51. The summed E-state index contributed by atoms with van der Waals surface area (Å²) in [6.45, 7) is 8.72. The predicted octanol–water partition coefficient (Wildman–Crippen LogP) is 2.02. The van der Waals surface area contributed by atoms with Crippen LogP contribution in [0.25, 0.3) is 0 Å². The highest BCUT2D eigenvalue weighted by atomic mass is 35.5. The maximum atomic E-state index is 6.19. The quantitative estimate of drug-likeness (QED) is 0.657. The first-order valence-electron chi connectivity index (χ1n) is 6.42. The highest BCUT2D eigenvalue weighted by molar-refractivity contribution is 6.31. The molecule has 1 aromatic rings. The minimum atomic E-state index is -0.145. The second-order valence-corrected chi connectivity index (χ2v) is 6.03. The molecular weight excluding hydrogens is 264 g/mol. The smallest absolute Gasteiger partial charge is 0.140 e. The predicted molar refractivity (Wildman–Crippen MR) is 77.0 cm³/mol. The van der Waals surface area contributed by atoms with Gasteiger partial charge in [0.15, 0.2) is 0 Å². The molecular formula is C13H21ClN4O. The molecule has 1 aliphatic heterocycles. The van der Waals surface area contributed by atoms with Crippen LogP contribution < -0.4 is 11.3 Å². The summed E-state index contributed by atoms with van der Waals surface area (Å²) in [5, 5.41) is 0.663. The molecule has 5 nitrogen and oxygen atoms in total. The van der Waals surface area contributed by atoms with Crippen molar-refractivity contribution in [3.8, 4) is 0 Å². The van der Waals surface area contributed by atoms with Gasteiger partial charge in [0.05, 0.1) is 22.4 Å². The molecule has 1 atom stereocenters. The molecule has 1 unspecified atom stereocenters. The zero-order chi connectivity index (χ0) is 14.0. The number of hydrogen-bond acceptors (Lipinski definition) is 5. The van der Waals surface area contributed by atoms with Gasteiger partial charge in [-0.25, -0.2) is 10.8 Å². The van der Waals surface area contributed by atoms with E-state index in [2.05, 4.69) is 36.1 Å². The van der Waals surface area contributed by atoms with Crippen molar-refractivity contribution in [1.82, 2.24) is 9.88 Å². The fourth-order valence-corrected chi connectivity index (χ4v) is 2.76. The molecule has 0 aromatic carbocycles. The van der Waals surface area contributed by atoms with Gasteiger partial charge in [-0.3, -0.25) is 4.90 Å². The van der Waals surface area contributed by atoms with E-state index in [-0.39, 0.29) is 11.7 Å². The molecule has 1 aromatic heterocycles. The number of rotatable bonds is 3. The summed E-state index contributed by atoms with van der Waals surface area (Å²) in [4.78, 5) is 6.72. The van der Waals surface area contributed by atoms with Gasteiger partial charge in [0.25, 0.3) is 0 Å². The second-order valence-electron chi connectivity index (χ2n) is 5.63. The number of pyridine rings is 1. The van der Waals surface area contributed by atoms with Crippen LogP contribution in [0.3, 0.4) is 0 Å². The van der Waals surface area contributed by atoms with Crippen LogP contribution in [0, 0.1) is 0 Å². The molecule has 0 spiro atoms. The Balaban J connectivity index is 2.12. The summed E-state index contributed by atoms with van der Waals surface area (Å²) in [6.07, 6.45) is 0.207. The first-order valence-corrected chi connectivity index (χ1v) is 6.79. The van der Waals surface area contributed by atoms with Crippen molar-refractivity contribution in [1.29, 1.82) is 0 Å². The number of ether oxygens (including phenoxy) is 1. The highest BCUT2D eigenvalue weighted by Crippen LogP contribution is 2.24. The number of nitrogen functional groups attached to an aromatic ring is 1. The summed E-state index contributed by atoms with van der Waals surface area (Å²) < 4.78 is 5.89. The average molecular weight is 285 g/mol. The minimum Gasteiger partial charge on any atom is -0.370 e. The van der Waals surface area contributed by atoms with Crippen LogP contribution in [0.2, 0.25) is 5.02 Å². The highest BCUT2D eigenvalue weighted by Gasteiger charge is 2.31. The molecule has 19 heavy (non-hydrogen) atoms. The van der Waals surface area contributed by atoms with E-state index in [1.54, 1.807) is 6.07 Å². The van der Waals surface area contributed by atoms with Crippen molar-refractivity contribution in [2.45, 2.75) is 39.0 Å². The zero-order valence-electron chi connectivity index (χ0n) is 11.6. The van der Waals surface area contributed by atoms with Crippen LogP contribution in [0.15, 0.2) is 12.1 Å². The number of aromatic nitrogens is 1. The molecule has 0 aliphatic carbocycles. The third-order valence-electron chi connectivity index (χ3n) is 3.08. The number of hydrazine groups is 1.